The van der Waals surface area contributed by atoms with Gasteiger partial charge < -0.3 is 10.3 Å². The lowest BCUT2D eigenvalue weighted by Gasteiger charge is -2.07. The van der Waals surface area contributed by atoms with Gasteiger partial charge in [0, 0.05) is 33.7 Å². The van der Waals surface area contributed by atoms with E-state index >= 15 is 0 Å². The van der Waals surface area contributed by atoms with Crippen LogP contribution in [0.15, 0.2) is 53.1 Å². The summed E-state index contributed by atoms with van der Waals surface area (Å²) in [4.78, 5) is 14.7. The first-order valence-corrected chi connectivity index (χ1v) is 7.42. The molecule has 0 bridgehead atoms. The Labute approximate surface area is 136 Å². The van der Waals surface area contributed by atoms with Crippen LogP contribution in [0.1, 0.15) is 15.9 Å². The van der Waals surface area contributed by atoms with Gasteiger partial charge in [0.1, 0.15) is 0 Å². The van der Waals surface area contributed by atoms with Crippen molar-refractivity contribution in [3.63, 3.8) is 0 Å². The molecular weight excluding hydrogens is 342 g/mol. The number of fused-ring (bicyclic) bond motifs is 1. The molecule has 0 aliphatic heterocycles. The molecule has 4 nitrogen and oxygen atoms in total. The van der Waals surface area contributed by atoms with E-state index in [1.807, 2.05) is 30.5 Å². The second kappa shape index (κ2) is 5.66. The average molecular weight is 354 g/mol. The number of nitrogens with two attached hydrogens (primary N) is 1. The summed E-state index contributed by atoms with van der Waals surface area (Å²) in [6.45, 7) is 7.72. The molecule has 22 heavy (non-hydrogen) atoms. The minimum atomic E-state index is -0.429. The van der Waals surface area contributed by atoms with Gasteiger partial charge in [0.05, 0.1) is 6.57 Å². The predicted octanol–water partition coefficient (Wildman–Crippen LogP) is 4.10. The quantitative estimate of drug-likeness (QED) is 0.708. The van der Waals surface area contributed by atoms with E-state index in [9.17, 15) is 4.79 Å². The highest BCUT2D eigenvalue weighted by atomic mass is 79.9. The largest absolute Gasteiger partial charge is 0.366 e. The van der Waals surface area contributed by atoms with Crippen molar-refractivity contribution in [2.75, 3.05) is 0 Å². The molecule has 5 heteroatoms. The van der Waals surface area contributed by atoms with Crippen molar-refractivity contribution in [1.29, 1.82) is 0 Å². The van der Waals surface area contributed by atoms with Gasteiger partial charge in [0.2, 0.25) is 5.91 Å². The van der Waals surface area contributed by atoms with Crippen molar-refractivity contribution < 1.29 is 4.79 Å². The van der Waals surface area contributed by atoms with Crippen LogP contribution < -0.4 is 5.73 Å². The summed E-state index contributed by atoms with van der Waals surface area (Å²) >= 11 is 3.53. The first kappa shape index (κ1) is 14.4. The highest BCUT2D eigenvalue weighted by molar-refractivity contribution is 9.10. The summed E-state index contributed by atoms with van der Waals surface area (Å²) in [7, 11) is 0. The van der Waals surface area contributed by atoms with Crippen LogP contribution in [0.4, 0.5) is 5.69 Å². The zero-order valence-corrected chi connectivity index (χ0v) is 13.2. The zero-order valence-electron chi connectivity index (χ0n) is 11.6. The number of carbonyl (C=O) groups excluding carboxylic acids is 1. The predicted molar refractivity (Wildman–Crippen MR) is 90.0 cm³/mol. The van der Waals surface area contributed by atoms with Crippen molar-refractivity contribution in [2.24, 2.45) is 5.73 Å². The van der Waals surface area contributed by atoms with Gasteiger partial charge in [-0.05, 0) is 45.8 Å². The van der Waals surface area contributed by atoms with Gasteiger partial charge in [-0.15, -0.1) is 0 Å². The van der Waals surface area contributed by atoms with Crippen LogP contribution in [0.5, 0.6) is 0 Å². The van der Waals surface area contributed by atoms with Gasteiger partial charge in [-0.2, -0.15) is 0 Å². The summed E-state index contributed by atoms with van der Waals surface area (Å²) < 4.78 is 3.02. The molecule has 0 aliphatic rings. The molecular formula is C17H12BrN3O. The number of hydrogen-bond donors (Lipinski definition) is 1. The molecule has 0 spiro atoms. The maximum absolute atomic E-state index is 11.3. The van der Waals surface area contributed by atoms with Crippen molar-refractivity contribution in [3.8, 4) is 0 Å². The van der Waals surface area contributed by atoms with E-state index in [2.05, 4.69) is 25.3 Å². The Balaban J connectivity index is 2.03. The van der Waals surface area contributed by atoms with Crippen LogP contribution in [-0.2, 0) is 6.54 Å². The van der Waals surface area contributed by atoms with E-state index in [1.165, 1.54) is 0 Å². The first-order chi connectivity index (χ1) is 10.6. The number of aromatic nitrogens is 1. The molecule has 2 aromatic carbocycles. The van der Waals surface area contributed by atoms with Crippen LogP contribution >= 0.6 is 15.9 Å². The lowest BCUT2D eigenvalue weighted by molar-refractivity contribution is 0.1000. The maximum Gasteiger partial charge on any atom is 0.248 e. The summed E-state index contributed by atoms with van der Waals surface area (Å²) in [5.74, 6) is -0.429. The first-order valence-electron chi connectivity index (χ1n) is 6.63. The van der Waals surface area contributed by atoms with E-state index in [0.29, 0.717) is 17.8 Å². The third kappa shape index (κ3) is 2.61. The zero-order chi connectivity index (χ0) is 15.7. The van der Waals surface area contributed by atoms with E-state index in [4.69, 9.17) is 12.3 Å². The molecule has 0 saturated carbocycles. The Morgan fingerprint density at radius 1 is 1.27 bits per heavy atom. The Hall–Kier alpha value is -2.58. The Morgan fingerprint density at radius 3 is 2.82 bits per heavy atom. The summed E-state index contributed by atoms with van der Waals surface area (Å²) in [6, 6.07) is 12.9. The van der Waals surface area contributed by atoms with E-state index in [-0.39, 0.29) is 0 Å². The number of benzene rings is 2. The fourth-order valence-electron chi connectivity index (χ4n) is 2.46. The highest BCUT2D eigenvalue weighted by Crippen LogP contribution is 2.30. The standard InChI is InChI=1S/C17H12BrN3O/c1-20-13-5-6-16-14(8-13)15(18)10-21(16)9-11-3-2-4-12(7-11)17(19)22/h2-8,10H,9H2,(H2,19,22). The minimum absolute atomic E-state index is 0.429. The average Bonchev–Trinajstić information content (AvgIpc) is 2.83. The third-order valence-corrected chi connectivity index (χ3v) is 4.14. The number of halogens is 1. The smallest absolute Gasteiger partial charge is 0.248 e. The summed E-state index contributed by atoms with van der Waals surface area (Å²) in [5, 5.41) is 1.000. The fraction of sp³-hybridized carbons (Fsp3) is 0.0588. The second-order valence-corrected chi connectivity index (χ2v) is 5.84. The van der Waals surface area contributed by atoms with Crippen LogP contribution in [0.25, 0.3) is 15.7 Å². The van der Waals surface area contributed by atoms with Gasteiger partial charge in [-0.3, -0.25) is 4.79 Å². The molecule has 108 valence electrons. The number of hydrogen-bond acceptors (Lipinski definition) is 1. The SMILES string of the molecule is [C-]#[N+]c1ccc2c(c1)c(Br)cn2Cc1cccc(C(N)=O)c1. The van der Waals surface area contributed by atoms with E-state index in [0.717, 1.165) is 20.9 Å². The van der Waals surface area contributed by atoms with E-state index in [1.54, 1.807) is 18.2 Å². The molecule has 0 radical (unpaired) electrons. The van der Waals surface area contributed by atoms with Gasteiger partial charge in [0.25, 0.3) is 0 Å². The van der Waals surface area contributed by atoms with Crippen molar-refractivity contribution in [1.82, 2.24) is 4.57 Å². The molecule has 2 N–H and O–H groups in total. The molecule has 1 aromatic heterocycles. The highest BCUT2D eigenvalue weighted by Gasteiger charge is 2.09. The number of amides is 1. The molecule has 3 rings (SSSR count). The summed E-state index contributed by atoms with van der Waals surface area (Å²) in [6.07, 6.45) is 1.98. The Bertz CT molecular complexity index is 921. The Morgan fingerprint density at radius 2 is 2.09 bits per heavy atom. The molecule has 0 atom stereocenters. The lowest BCUT2D eigenvalue weighted by atomic mass is 10.1. The minimum Gasteiger partial charge on any atom is -0.366 e. The third-order valence-electron chi connectivity index (χ3n) is 3.51. The lowest BCUT2D eigenvalue weighted by Crippen LogP contribution is -2.11. The molecule has 0 saturated heterocycles. The topological polar surface area (TPSA) is 52.4 Å². The number of rotatable bonds is 3. The van der Waals surface area contributed by atoms with Crippen molar-refractivity contribution >= 4 is 38.4 Å². The molecule has 0 unspecified atom stereocenters. The Kier molecular flexibility index (Phi) is 3.70. The van der Waals surface area contributed by atoms with Crippen LogP contribution in [0, 0.1) is 6.57 Å². The van der Waals surface area contributed by atoms with Crippen molar-refractivity contribution in [2.45, 2.75) is 6.54 Å². The maximum atomic E-state index is 11.3. The van der Waals surface area contributed by atoms with Crippen LogP contribution in [-0.4, -0.2) is 10.5 Å². The van der Waals surface area contributed by atoms with Crippen LogP contribution in [0.3, 0.4) is 0 Å². The molecule has 0 fully saturated rings. The number of carbonyl (C=O) groups is 1. The molecule has 1 amide bonds. The number of primary amides is 1. The van der Waals surface area contributed by atoms with Gasteiger partial charge >= 0.3 is 0 Å². The monoisotopic (exact) mass is 353 g/mol. The van der Waals surface area contributed by atoms with Crippen molar-refractivity contribution in [3.05, 3.63) is 75.7 Å². The summed E-state index contributed by atoms with van der Waals surface area (Å²) in [5.41, 5.74) is 8.46. The van der Waals surface area contributed by atoms with Crippen LogP contribution in [0.2, 0.25) is 0 Å². The molecule has 3 aromatic rings. The molecule has 0 aliphatic carbocycles. The normalized spacial score (nSPS) is 10.5. The molecule has 1 heterocycles. The van der Waals surface area contributed by atoms with Gasteiger partial charge in [0.15, 0.2) is 5.69 Å². The number of nitrogens with zero attached hydrogens (tertiary/aromatic N) is 2. The fourth-order valence-corrected chi connectivity index (χ4v) is 3.03. The van der Waals surface area contributed by atoms with Gasteiger partial charge in [-0.1, -0.05) is 18.2 Å². The van der Waals surface area contributed by atoms with Gasteiger partial charge in [-0.25, -0.2) is 4.85 Å². The van der Waals surface area contributed by atoms with E-state index < -0.39 is 5.91 Å². The second-order valence-electron chi connectivity index (χ2n) is 4.98.